The fourth-order valence-corrected chi connectivity index (χ4v) is 3.18. The highest BCUT2D eigenvalue weighted by molar-refractivity contribution is 5.83. The molecule has 2 heteroatoms. The summed E-state index contributed by atoms with van der Waals surface area (Å²) in [6.07, 6.45) is 8.01. The molecular weight excluding hydrogens is 248 g/mol. The van der Waals surface area contributed by atoms with Crippen molar-refractivity contribution < 1.29 is 9.90 Å². The molecule has 1 N–H and O–H groups in total. The minimum absolute atomic E-state index is 0.0918. The lowest BCUT2D eigenvalue weighted by Gasteiger charge is -2.39. The summed E-state index contributed by atoms with van der Waals surface area (Å²) in [6.45, 7) is 10.4. The van der Waals surface area contributed by atoms with E-state index in [9.17, 15) is 9.90 Å². The van der Waals surface area contributed by atoms with Crippen molar-refractivity contribution in [2.75, 3.05) is 0 Å². The Morgan fingerprint density at radius 3 is 2.60 bits per heavy atom. The first-order valence-corrected chi connectivity index (χ1v) is 7.75. The fraction of sp³-hybridized carbons (Fsp3) is 0.722. The molecule has 1 aliphatic rings. The average Bonchev–Trinajstić information content (AvgIpc) is 2.26. The second-order valence-corrected chi connectivity index (χ2v) is 7.11. The Morgan fingerprint density at radius 1 is 1.40 bits per heavy atom. The van der Waals surface area contributed by atoms with Gasteiger partial charge in [-0.3, -0.25) is 4.79 Å². The van der Waals surface area contributed by atoms with Gasteiger partial charge in [0, 0.05) is 6.42 Å². The third kappa shape index (κ3) is 4.90. The SMILES string of the molecule is CC(C)=CCCC(C)=CC(O)C1C(=O)CCCC1(C)C. The van der Waals surface area contributed by atoms with Crippen molar-refractivity contribution in [2.24, 2.45) is 11.3 Å². The molecule has 0 aromatic carbocycles. The number of allylic oxidation sites excluding steroid dienone is 3. The summed E-state index contributed by atoms with van der Waals surface area (Å²) in [5, 5.41) is 10.4. The van der Waals surface area contributed by atoms with Gasteiger partial charge in [0.15, 0.2) is 0 Å². The van der Waals surface area contributed by atoms with Crippen LogP contribution in [0, 0.1) is 11.3 Å². The summed E-state index contributed by atoms with van der Waals surface area (Å²) in [5.74, 6) is -0.0169. The Hall–Kier alpha value is -0.890. The monoisotopic (exact) mass is 278 g/mol. The summed E-state index contributed by atoms with van der Waals surface area (Å²) in [4.78, 5) is 12.1. The van der Waals surface area contributed by atoms with Crippen LogP contribution in [0.3, 0.4) is 0 Å². The van der Waals surface area contributed by atoms with E-state index in [1.807, 2.05) is 13.0 Å². The molecule has 0 bridgehead atoms. The van der Waals surface area contributed by atoms with E-state index in [-0.39, 0.29) is 17.1 Å². The standard InChI is InChI=1S/C18H30O2/c1-13(2)8-6-9-14(3)12-16(20)17-15(19)10-7-11-18(17,4)5/h8,12,16-17,20H,6-7,9-11H2,1-5H3. The van der Waals surface area contributed by atoms with Crippen molar-refractivity contribution >= 4 is 5.78 Å². The van der Waals surface area contributed by atoms with Crippen molar-refractivity contribution in [1.29, 1.82) is 0 Å². The third-order valence-electron chi connectivity index (χ3n) is 4.32. The van der Waals surface area contributed by atoms with Gasteiger partial charge in [-0.05, 0) is 51.9 Å². The largest absolute Gasteiger partial charge is 0.388 e. The van der Waals surface area contributed by atoms with Crippen LogP contribution >= 0.6 is 0 Å². The van der Waals surface area contributed by atoms with Crippen LogP contribution < -0.4 is 0 Å². The van der Waals surface area contributed by atoms with Gasteiger partial charge < -0.3 is 5.11 Å². The zero-order chi connectivity index (χ0) is 15.3. The Labute approximate surface area is 124 Å². The highest BCUT2D eigenvalue weighted by Gasteiger charge is 2.41. The molecule has 20 heavy (non-hydrogen) atoms. The van der Waals surface area contributed by atoms with Crippen molar-refractivity contribution in [3.8, 4) is 0 Å². The topological polar surface area (TPSA) is 37.3 Å². The van der Waals surface area contributed by atoms with Gasteiger partial charge in [0.2, 0.25) is 0 Å². The number of Topliss-reactive ketones (excluding diaryl/α,β-unsaturated/α-hetero) is 1. The molecule has 0 aromatic heterocycles. The molecule has 0 spiro atoms. The van der Waals surface area contributed by atoms with E-state index in [1.165, 1.54) is 11.1 Å². The lowest BCUT2D eigenvalue weighted by Crippen LogP contribution is -2.42. The van der Waals surface area contributed by atoms with E-state index >= 15 is 0 Å². The van der Waals surface area contributed by atoms with Crippen LogP contribution in [0.2, 0.25) is 0 Å². The number of rotatable bonds is 5. The molecular formula is C18H30O2. The molecule has 0 radical (unpaired) electrons. The quantitative estimate of drug-likeness (QED) is 0.755. The highest BCUT2D eigenvalue weighted by Crippen LogP contribution is 2.40. The van der Waals surface area contributed by atoms with Gasteiger partial charge in [0.05, 0.1) is 12.0 Å². The lowest BCUT2D eigenvalue weighted by atomic mass is 9.65. The van der Waals surface area contributed by atoms with Crippen molar-refractivity contribution in [3.63, 3.8) is 0 Å². The molecule has 2 unspecified atom stereocenters. The maximum absolute atomic E-state index is 12.1. The van der Waals surface area contributed by atoms with Crippen LogP contribution in [0.4, 0.5) is 0 Å². The maximum atomic E-state index is 12.1. The van der Waals surface area contributed by atoms with Gasteiger partial charge in [-0.15, -0.1) is 0 Å². The first-order valence-electron chi connectivity index (χ1n) is 7.75. The zero-order valence-corrected chi connectivity index (χ0v) is 13.7. The lowest BCUT2D eigenvalue weighted by molar-refractivity contribution is -0.133. The molecule has 1 saturated carbocycles. The van der Waals surface area contributed by atoms with Crippen LogP contribution in [0.15, 0.2) is 23.3 Å². The number of carbonyl (C=O) groups excluding carboxylic acids is 1. The molecule has 0 aliphatic heterocycles. The molecule has 1 rings (SSSR count). The first kappa shape index (κ1) is 17.2. The Morgan fingerprint density at radius 2 is 2.05 bits per heavy atom. The number of hydrogen-bond acceptors (Lipinski definition) is 2. The van der Waals surface area contributed by atoms with E-state index < -0.39 is 6.10 Å². The van der Waals surface area contributed by atoms with Crippen LogP contribution in [0.1, 0.15) is 66.7 Å². The van der Waals surface area contributed by atoms with Gasteiger partial charge in [-0.25, -0.2) is 0 Å². The predicted molar refractivity (Wildman–Crippen MR) is 84.6 cm³/mol. The third-order valence-corrected chi connectivity index (χ3v) is 4.32. The van der Waals surface area contributed by atoms with E-state index in [1.54, 1.807) is 0 Å². The predicted octanol–water partition coefficient (Wildman–Crippen LogP) is 4.44. The summed E-state index contributed by atoms with van der Waals surface area (Å²) < 4.78 is 0. The van der Waals surface area contributed by atoms with E-state index in [2.05, 4.69) is 33.8 Å². The highest BCUT2D eigenvalue weighted by atomic mass is 16.3. The maximum Gasteiger partial charge on any atom is 0.139 e. The molecule has 2 atom stereocenters. The van der Waals surface area contributed by atoms with Crippen LogP contribution in [0.5, 0.6) is 0 Å². The number of aliphatic hydroxyl groups is 1. The van der Waals surface area contributed by atoms with Gasteiger partial charge in [0.1, 0.15) is 5.78 Å². The number of ketones is 1. The molecule has 0 aromatic rings. The van der Waals surface area contributed by atoms with E-state index in [0.29, 0.717) is 6.42 Å². The van der Waals surface area contributed by atoms with Gasteiger partial charge >= 0.3 is 0 Å². The summed E-state index contributed by atoms with van der Waals surface area (Å²) in [7, 11) is 0. The second kappa shape index (κ2) is 7.21. The Bertz CT molecular complexity index is 398. The summed E-state index contributed by atoms with van der Waals surface area (Å²) >= 11 is 0. The molecule has 114 valence electrons. The number of hydrogen-bond donors (Lipinski definition) is 1. The van der Waals surface area contributed by atoms with Gasteiger partial charge in [-0.1, -0.05) is 37.1 Å². The van der Waals surface area contributed by atoms with E-state index in [0.717, 1.165) is 25.7 Å². The average molecular weight is 278 g/mol. The molecule has 0 saturated heterocycles. The number of carbonyl (C=O) groups is 1. The van der Waals surface area contributed by atoms with Crippen molar-refractivity contribution in [2.45, 2.75) is 72.8 Å². The summed E-state index contributed by atoms with van der Waals surface area (Å²) in [5.41, 5.74) is 2.40. The molecule has 1 fully saturated rings. The van der Waals surface area contributed by atoms with Crippen molar-refractivity contribution in [1.82, 2.24) is 0 Å². The first-order chi connectivity index (χ1) is 9.24. The van der Waals surface area contributed by atoms with E-state index in [4.69, 9.17) is 0 Å². The fourth-order valence-electron chi connectivity index (χ4n) is 3.18. The van der Waals surface area contributed by atoms with Gasteiger partial charge in [-0.2, -0.15) is 0 Å². The number of aliphatic hydroxyl groups excluding tert-OH is 1. The van der Waals surface area contributed by atoms with Crippen LogP contribution in [-0.2, 0) is 4.79 Å². The van der Waals surface area contributed by atoms with Crippen molar-refractivity contribution in [3.05, 3.63) is 23.3 Å². The normalized spacial score (nSPS) is 24.4. The zero-order valence-electron chi connectivity index (χ0n) is 13.7. The Kier molecular flexibility index (Phi) is 6.19. The van der Waals surface area contributed by atoms with Crippen LogP contribution in [-0.4, -0.2) is 17.0 Å². The second-order valence-electron chi connectivity index (χ2n) is 7.11. The minimum atomic E-state index is -0.635. The summed E-state index contributed by atoms with van der Waals surface area (Å²) in [6, 6.07) is 0. The molecule has 0 heterocycles. The van der Waals surface area contributed by atoms with Gasteiger partial charge in [0.25, 0.3) is 0 Å². The molecule has 1 aliphatic carbocycles. The Balaban J connectivity index is 2.70. The molecule has 2 nitrogen and oxygen atoms in total. The smallest absolute Gasteiger partial charge is 0.139 e. The minimum Gasteiger partial charge on any atom is -0.388 e. The van der Waals surface area contributed by atoms with Crippen LogP contribution in [0.25, 0.3) is 0 Å². The molecule has 0 amide bonds.